The lowest BCUT2D eigenvalue weighted by atomic mass is 10.1. The molecule has 3 nitrogen and oxygen atoms in total. The molecule has 0 N–H and O–H groups in total. The zero-order valence-corrected chi connectivity index (χ0v) is 12.5. The zero-order valence-electron chi connectivity index (χ0n) is 12.5. The molecule has 3 rings (SSSR count). The van der Waals surface area contributed by atoms with E-state index < -0.39 is 0 Å². The Kier molecular flexibility index (Phi) is 3.79. The molecule has 3 aromatic rings. The van der Waals surface area contributed by atoms with Gasteiger partial charge in [0.15, 0.2) is 0 Å². The Morgan fingerprint density at radius 3 is 2.68 bits per heavy atom. The van der Waals surface area contributed by atoms with Gasteiger partial charge in [-0.25, -0.2) is 4.79 Å². The topological polar surface area (TPSA) is 31.2 Å². The summed E-state index contributed by atoms with van der Waals surface area (Å²) in [6, 6.07) is 15.9. The van der Waals surface area contributed by atoms with Gasteiger partial charge in [-0.15, -0.1) is 0 Å². The van der Waals surface area contributed by atoms with Crippen LogP contribution in [0.15, 0.2) is 61.3 Å². The molecule has 0 saturated heterocycles. The first-order valence-corrected chi connectivity index (χ1v) is 7.10. The van der Waals surface area contributed by atoms with Crippen molar-refractivity contribution in [1.82, 2.24) is 4.57 Å². The van der Waals surface area contributed by atoms with Crippen molar-refractivity contribution in [3.8, 4) is 0 Å². The number of hydrogen-bond donors (Lipinski definition) is 0. The van der Waals surface area contributed by atoms with E-state index in [1.165, 1.54) is 12.7 Å². The number of rotatable bonds is 4. The van der Waals surface area contributed by atoms with Crippen LogP contribution in [0.4, 0.5) is 0 Å². The van der Waals surface area contributed by atoms with Crippen molar-refractivity contribution in [3.05, 3.63) is 78.0 Å². The normalized spacial score (nSPS) is 10.6. The second-order valence-corrected chi connectivity index (χ2v) is 5.13. The van der Waals surface area contributed by atoms with Crippen LogP contribution in [-0.2, 0) is 11.3 Å². The highest BCUT2D eigenvalue weighted by molar-refractivity contribution is 5.97. The molecule has 110 valence electrons. The van der Waals surface area contributed by atoms with Gasteiger partial charge in [0.05, 0.1) is 12.7 Å². The third-order valence-electron chi connectivity index (χ3n) is 3.75. The maximum atomic E-state index is 11.7. The minimum atomic E-state index is -0.326. The zero-order chi connectivity index (χ0) is 15.5. The fourth-order valence-electron chi connectivity index (χ4n) is 2.64. The monoisotopic (exact) mass is 291 g/mol. The average molecular weight is 291 g/mol. The first-order valence-electron chi connectivity index (χ1n) is 7.10. The van der Waals surface area contributed by atoms with Gasteiger partial charge in [0.2, 0.25) is 0 Å². The molecule has 0 aliphatic rings. The van der Waals surface area contributed by atoms with E-state index in [0.29, 0.717) is 5.56 Å². The summed E-state index contributed by atoms with van der Waals surface area (Å²) in [7, 11) is 1.39. The van der Waals surface area contributed by atoms with Crippen molar-refractivity contribution in [2.24, 2.45) is 0 Å². The number of ether oxygens (including phenoxy) is 1. The molecule has 0 aliphatic carbocycles. The van der Waals surface area contributed by atoms with E-state index in [1.54, 1.807) is 6.07 Å². The second kappa shape index (κ2) is 5.90. The van der Waals surface area contributed by atoms with Crippen molar-refractivity contribution < 1.29 is 9.53 Å². The number of esters is 1. The summed E-state index contributed by atoms with van der Waals surface area (Å²) in [6.45, 7) is 4.65. The third-order valence-corrected chi connectivity index (χ3v) is 3.75. The van der Waals surface area contributed by atoms with E-state index in [0.717, 1.165) is 23.0 Å². The fraction of sp³-hybridized carbons (Fsp3) is 0.105. The Hall–Kier alpha value is -2.81. The number of carbonyl (C=O) groups is 1. The Morgan fingerprint density at radius 2 is 2.00 bits per heavy atom. The summed E-state index contributed by atoms with van der Waals surface area (Å²) in [5.74, 6) is -0.326. The van der Waals surface area contributed by atoms with Gasteiger partial charge in [0, 0.05) is 23.6 Å². The first-order chi connectivity index (χ1) is 10.7. The van der Waals surface area contributed by atoms with Crippen LogP contribution < -0.4 is 0 Å². The van der Waals surface area contributed by atoms with E-state index in [9.17, 15) is 4.79 Å². The molecule has 0 aliphatic heterocycles. The summed E-state index contributed by atoms with van der Waals surface area (Å²) in [5.41, 5.74) is 3.87. The van der Waals surface area contributed by atoms with Crippen LogP contribution in [0.1, 0.15) is 21.5 Å². The van der Waals surface area contributed by atoms with Gasteiger partial charge in [-0.3, -0.25) is 0 Å². The molecule has 0 atom stereocenters. The number of carbonyl (C=O) groups excluding carboxylic acids is 1. The van der Waals surface area contributed by atoms with Crippen molar-refractivity contribution in [2.45, 2.75) is 6.54 Å². The number of nitrogens with zero attached hydrogens (tertiary/aromatic N) is 1. The van der Waals surface area contributed by atoms with E-state index in [-0.39, 0.29) is 5.97 Å². The Labute approximate surface area is 129 Å². The number of benzene rings is 2. The van der Waals surface area contributed by atoms with Crippen molar-refractivity contribution in [3.63, 3.8) is 0 Å². The summed E-state index contributed by atoms with van der Waals surface area (Å²) in [6.07, 6.45) is 3.87. The van der Waals surface area contributed by atoms with Crippen LogP contribution in [0.2, 0.25) is 0 Å². The molecule has 1 aromatic heterocycles. The van der Waals surface area contributed by atoms with Crippen LogP contribution in [0, 0.1) is 0 Å². The van der Waals surface area contributed by atoms with Gasteiger partial charge in [0.1, 0.15) is 0 Å². The summed E-state index contributed by atoms with van der Waals surface area (Å²) >= 11 is 0. The maximum absolute atomic E-state index is 11.7. The molecule has 0 spiro atoms. The van der Waals surface area contributed by atoms with Gasteiger partial charge in [-0.1, -0.05) is 43.0 Å². The molecule has 0 unspecified atom stereocenters. The first kappa shape index (κ1) is 14.1. The van der Waals surface area contributed by atoms with Crippen LogP contribution >= 0.6 is 0 Å². The summed E-state index contributed by atoms with van der Waals surface area (Å²) in [4.78, 5) is 11.7. The lowest BCUT2D eigenvalue weighted by Gasteiger charge is -2.06. The molecule has 3 heteroatoms. The minimum Gasteiger partial charge on any atom is -0.465 e. The minimum absolute atomic E-state index is 0.326. The predicted octanol–water partition coefficient (Wildman–Crippen LogP) is 4.12. The lowest BCUT2D eigenvalue weighted by molar-refractivity contribution is 0.0601. The number of hydrogen-bond acceptors (Lipinski definition) is 2. The fourth-order valence-corrected chi connectivity index (χ4v) is 2.64. The van der Waals surface area contributed by atoms with Crippen molar-refractivity contribution >= 4 is 22.9 Å². The van der Waals surface area contributed by atoms with Crippen LogP contribution in [0.5, 0.6) is 0 Å². The summed E-state index contributed by atoms with van der Waals surface area (Å²) < 4.78 is 6.96. The number of fused-ring (bicyclic) bond motifs is 1. The predicted molar refractivity (Wildman–Crippen MR) is 88.9 cm³/mol. The van der Waals surface area contributed by atoms with Crippen molar-refractivity contribution in [1.29, 1.82) is 0 Å². The van der Waals surface area contributed by atoms with Gasteiger partial charge < -0.3 is 9.30 Å². The standard InChI is InChI=1S/C19H17NO2/c1-3-15-13-20(12-14-7-5-4-6-8-14)18-10-9-16(11-17(15)18)19(21)22-2/h3-11,13H,1,12H2,2H3. The van der Waals surface area contributed by atoms with Gasteiger partial charge in [-0.05, 0) is 29.3 Å². The van der Waals surface area contributed by atoms with Gasteiger partial charge in [0.25, 0.3) is 0 Å². The highest BCUT2D eigenvalue weighted by Gasteiger charge is 2.11. The third kappa shape index (κ3) is 2.53. The highest BCUT2D eigenvalue weighted by atomic mass is 16.5. The molecule has 0 fully saturated rings. The quantitative estimate of drug-likeness (QED) is 0.677. The Morgan fingerprint density at radius 1 is 1.23 bits per heavy atom. The van der Waals surface area contributed by atoms with E-state index >= 15 is 0 Å². The van der Waals surface area contributed by atoms with Crippen LogP contribution in [0.25, 0.3) is 17.0 Å². The second-order valence-electron chi connectivity index (χ2n) is 5.13. The van der Waals surface area contributed by atoms with E-state index in [4.69, 9.17) is 4.74 Å². The molecular weight excluding hydrogens is 274 g/mol. The van der Waals surface area contributed by atoms with Gasteiger partial charge >= 0.3 is 5.97 Å². The van der Waals surface area contributed by atoms with E-state index in [2.05, 4.69) is 29.5 Å². The van der Waals surface area contributed by atoms with Crippen LogP contribution in [0.3, 0.4) is 0 Å². The molecule has 0 radical (unpaired) electrons. The Bertz CT molecular complexity index is 831. The highest BCUT2D eigenvalue weighted by Crippen LogP contribution is 2.25. The molecule has 22 heavy (non-hydrogen) atoms. The molecule has 0 bridgehead atoms. The smallest absolute Gasteiger partial charge is 0.337 e. The molecule has 1 heterocycles. The molecular formula is C19H17NO2. The van der Waals surface area contributed by atoms with Gasteiger partial charge in [-0.2, -0.15) is 0 Å². The molecule has 2 aromatic carbocycles. The number of aromatic nitrogens is 1. The largest absolute Gasteiger partial charge is 0.465 e. The summed E-state index contributed by atoms with van der Waals surface area (Å²) in [5, 5.41) is 1.01. The van der Waals surface area contributed by atoms with Crippen LogP contribution in [-0.4, -0.2) is 17.6 Å². The molecule has 0 amide bonds. The maximum Gasteiger partial charge on any atom is 0.337 e. The number of methoxy groups -OCH3 is 1. The van der Waals surface area contributed by atoms with E-state index in [1.807, 2.05) is 36.4 Å². The Balaban J connectivity index is 2.08. The van der Waals surface area contributed by atoms with Crippen molar-refractivity contribution in [2.75, 3.05) is 7.11 Å². The molecule has 0 saturated carbocycles. The lowest BCUT2D eigenvalue weighted by Crippen LogP contribution is -2.01. The average Bonchev–Trinajstić information content (AvgIpc) is 2.92. The SMILES string of the molecule is C=Cc1cn(Cc2ccccc2)c2ccc(C(=O)OC)cc12.